The second kappa shape index (κ2) is 4.91. The van der Waals surface area contributed by atoms with Gasteiger partial charge in [-0.1, -0.05) is 0 Å². The molecule has 0 saturated carbocycles. The van der Waals surface area contributed by atoms with Gasteiger partial charge in [-0.15, -0.1) is 0 Å². The molecule has 14 heavy (non-hydrogen) atoms. The second-order valence-electron chi connectivity index (χ2n) is 5.21. The van der Waals surface area contributed by atoms with Crippen LogP contribution >= 0.6 is 0 Å². The van der Waals surface area contributed by atoms with Gasteiger partial charge >= 0.3 is 5.97 Å². The topological polar surface area (TPSA) is 26.3 Å². The number of hydrogen-bond acceptors (Lipinski definition) is 2. The van der Waals surface area contributed by atoms with Gasteiger partial charge in [0, 0.05) is 0 Å². The van der Waals surface area contributed by atoms with Gasteiger partial charge in [-0.05, 0) is 46.3 Å². The number of esters is 1. The van der Waals surface area contributed by atoms with E-state index in [0.29, 0.717) is 19.1 Å². The van der Waals surface area contributed by atoms with Gasteiger partial charge < -0.3 is 8.84 Å². The van der Waals surface area contributed by atoms with Crippen LogP contribution in [-0.2, 0) is 9.53 Å². The number of hydrogen-bond donors (Lipinski definition) is 0. The van der Waals surface area contributed by atoms with Crippen molar-refractivity contribution in [1.29, 1.82) is 0 Å². The highest BCUT2D eigenvalue weighted by atomic mass is 28.4. The van der Waals surface area contributed by atoms with Crippen molar-refractivity contribution < 1.29 is 13.6 Å². The van der Waals surface area contributed by atoms with Crippen LogP contribution in [0.15, 0.2) is 0 Å². The van der Waals surface area contributed by atoms with E-state index in [4.69, 9.17) is 4.74 Å². The maximum absolute atomic E-state index is 13.1. The van der Waals surface area contributed by atoms with Gasteiger partial charge in [0.15, 0.2) is 0 Å². The zero-order chi connectivity index (χ0) is 11.4. The van der Waals surface area contributed by atoms with Gasteiger partial charge in [0.1, 0.15) is 0 Å². The van der Waals surface area contributed by atoms with E-state index in [1.165, 1.54) is 0 Å². The largest absolute Gasteiger partial charge is 0.465 e. The molecular weight excluding hydrogens is 199 g/mol. The third-order valence-electron chi connectivity index (χ3n) is 1.76. The van der Waals surface area contributed by atoms with E-state index in [2.05, 4.69) is 0 Å². The monoisotopic (exact) mass is 220 g/mol. The smallest absolute Gasteiger partial charge is 0.311 e. The van der Waals surface area contributed by atoms with E-state index in [1.807, 2.05) is 20.8 Å². The summed E-state index contributed by atoms with van der Waals surface area (Å²) < 4.78 is 18.2. The molecule has 4 heteroatoms. The van der Waals surface area contributed by atoms with Crippen molar-refractivity contribution in [2.45, 2.75) is 46.3 Å². The Morgan fingerprint density at radius 3 is 2.21 bits per heavy atom. The van der Waals surface area contributed by atoms with Gasteiger partial charge in [-0.2, -0.15) is 0 Å². The first kappa shape index (κ1) is 13.6. The molecule has 0 rings (SSSR count). The van der Waals surface area contributed by atoms with E-state index in [1.54, 1.807) is 13.1 Å². The molecule has 0 N–H and O–H groups in total. The molecule has 0 radical (unpaired) electrons. The first-order valence-corrected chi connectivity index (χ1v) is 8.07. The molecule has 2 nitrogen and oxygen atoms in total. The van der Waals surface area contributed by atoms with Crippen LogP contribution < -0.4 is 0 Å². The maximum atomic E-state index is 13.1. The van der Waals surface area contributed by atoms with Gasteiger partial charge in [0.2, 0.25) is 8.41 Å². The Balaban J connectivity index is 3.62. The molecule has 0 saturated heterocycles. The lowest BCUT2D eigenvalue weighted by atomic mass is 9.97. The van der Waals surface area contributed by atoms with Crippen LogP contribution in [0, 0.1) is 5.41 Å². The standard InChI is InChI=1S/C10H21FO2Si/c1-10(2,3)9(12)13-7-6-8-14(4,5)11/h6-8H2,1-5H3. The molecule has 0 aliphatic heterocycles. The van der Waals surface area contributed by atoms with Crippen LogP contribution in [0.1, 0.15) is 27.2 Å². The summed E-state index contributed by atoms with van der Waals surface area (Å²) in [7, 11) is -2.47. The molecule has 0 aliphatic carbocycles. The molecule has 84 valence electrons. The van der Waals surface area contributed by atoms with Crippen molar-refractivity contribution in [2.75, 3.05) is 6.61 Å². The Bertz CT molecular complexity index is 191. The highest BCUT2D eigenvalue weighted by Gasteiger charge is 2.24. The predicted octanol–water partition coefficient (Wildman–Crippen LogP) is 3.14. The van der Waals surface area contributed by atoms with Crippen molar-refractivity contribution in [1.82, 2.24) is 0 Å². The fourth-order valence-electron chi connectivity index (χ4n) is 0.874. The van der Waals surface area contributed by atoms with Crippen molar-refractivity contribution in [3.05, 3.63) is 0 Å². The summed E-state index contributed by atoms with van der Waals surface area (Å²) in [5, 5.41) is 0. The normalized spacial score (nSPS) is 12.7. The minimum atomic E-state index is -2.47. The average Bonchev–Trinajstić information content (AvgIpc) is 1.93. The summed E-state index contributed by atoms with van der Waals surface area (Å²) in [5.41, 5.74) is -0.456. The summed E-state index contributed by atoms with van der Waals surface area (Å²) in [6.45, 7) is 9.10. The molecule has 0 amide bonds. The van der Waals surface area contributed by atoms with E-state index in [0.717, 1.165) is 0 Å². The van der Waals surface area contributed by atoms with E-state index in [9.17, 15) is 8.90 Å². The quantitative estimate of drug-likeness (QED) is 0.315. The Morgan fingerprint density at radius 2 is 1.86 bits per heavy atom. The zero-order valence-electron chi connectivity index (χ0n) is 9.82. The van der Waals surface area contributed by atoms with Crippen molar-refractivity contribution >= 4 is 14.4 Å². The summed E-state index contributed by atoms with van der Waals surface area (Å²) in [5.74, 6) is -0.212. The Morgan fingerprint density at radius 1 is 1.36 bits per heavy atom. The highest BCUT2D eigenvalue weighted by molar-refractivity contribution is 6.70. The van der Waals surface area contributed by atoms with Crippen LogP contribution in [0.3, 0.4) is 0 Å². The molecule has 0 spiro atoms. The maximum Gasteiger partial charge on any atom is 0.311 e. The predicted molar refractivity (Wildman–Crippen MR) is 58.4 cm³/mol. The van der Waals surface area contributed by atoms with E-state index in [-0.39, 0.29) is 5.97 Å². The number of ether oxygens (including phenoxy) is 1. The lowest BCUT2D eigenvalue weighted by Gasteiger charge is -2.17. The van der Waals surface area contributed by atoms with Crippen LogP contribution in [0.25, 0.3) is 0 Å². The molecule has 0 aromatic rings. The van der Waals surface area contributed by atoms with Gasteiger partial charge in [-0.3, -0.25) is 4.79 Å². The highest BCUT2D eigenvalue weighted by Crippen LogP contribution is 2.17. The fourth-order valence-corrected chi connectivity index (χ4v) is 1.86. The second-order valence-corrected chi connectivity index (χ2v) is 9.15. The molecule has 0 aromatic heterocycles. The van der Waals surface area contributed by atoms with Gasteiger partial charge in [0.25, 0.3) is 0 Å². The van der Waals surface area contributed by atoms with Crippen LogP contribution in [0.4, 0.5) is 4.11 Å². The molecule has 0 aliphatic rings. The first-order chi connectivity index (χ1) is 6.13. The van der Waals surface area contributed by atoms with Crippen LogP contribution in [-0.4, -0.2) is 21.0 Å². The summed E-state index contributed by atoms with van der Waals surface area (Å²) >= 11 is 0. The summed E-state index contributed by atoms with van der Waals surface area (Å²) in [6.07, 6.45) is 0.636. The van der Waals surface area contributed by atoms with Gasteiger partial charge in [0.05, 0.1) is 12.0 Å². The third-order valence-corrected chi connectivity index (χ3v) is 3.30. The van der Waals surface area contributed by atoms with Crippen LogP contribution in [0.5, 0.6) is 0 Å². The molecule has 0 fully saturated rings. The molecular formula is C10H21FO2Si. The zero-order valence-corrected chi connectivity index (χ0v) is 10.8. The summed E-state index contributed by atoms with van der Waals surface area (Å²) in [4.78, 5) is 11.3. The minimum absolute atomic E-state index is 0.212. The Kier molecular flexibility index (Phi) is 4.78. The van der Waals surface area contributed by atoms with E-state index < -0.39 is 13.8 Å². The molecule has 0 atom stereocenters. The SMILES string of the molecule is CC(C)(C)C(=O)OCCC[Si](C)(C)F. The molecule has 0 unspecified atom stereocenters. The molecule has 0 heterocycles. The number of halogens is 1. The lowest BCUT2D eigenvalue weighted by molar-refractivity contribution is -0.152. The molecule has 0 bridgehead atoms. The Labute approximate surface area is 87.0 Å². The summed E-state index contributed by atoms with van der Waals surface area (Å²) in [6, 6.07) is 0.560. The third kappa shape index (κ3) is 7.06. The van der Waals surface area contributed by atoms with Gasteiger partial charge in [-0.25, -0.2) is 0 Å². The lowest BCUT2D eigenvalue weighted by Crippen LogP contribution is -2.24. The van der Waals surface area contributed by atoms with E-state index >= 15 is 0 Å². The fraction of sp³-hybridized carbons (Fsp3) is 0.900. The number of rotatable bonds is 4. The average molecular weight is 220 g/mol. The van der Waals surface area contributed by atoms with Crippen molar-refractivity contribution in [3.63, 3.8) is 0 Å². The molecule has 0 aromatic carbocycles. The number of carbonyl (C=O) groups excluding carboxylic acids is 1. The van der Waals surface area contributed by atoms with Crippen molar-refractivity contribution in [3.8, 4) is 0 Å². The van der Waals surface area contributed by atoms with Crippen LogP contribution in [0.2, 0.25) is 19.1 Å². The number of carbonyl (C=O) groups is 1. The Hall–Kier alpha value is -0.383. The minimum Gasteiger partial charge on any atom is -0.465 e. The van der Waals surface area contributed by atoms with Crippen molar-refractivity contribution in [2.24, 2.45) is 5.41 Å². The first-order valence-electron chi connectivity index (χ1n) is 4.99.